The second-order valence-corrected chi connectivity index (χ2v) is 7.70. The third-order valence-corrected chi connectivity index (χ3v) is 5.60. The van der Waals surface area contributed by atoms with Crippen LogP contribution in [-0.2, 0) is 0 Å². The summed E-state index contributed by atoms with van der Waals surface area (Å²) in [7, 11) is 4.62. The molecule has 1 N–H and O–H groups in total. The smallest absolute Gasteiger partial charge is 0.291 e. The monoisotopic (exact) mass is 471 g/mol. The lowest BCUT2D eigenvalue weighted by Crippen LogP contribution is -2.11. The highest BCUT2D eigenvalue weighted by Gasteiger charge is 2.16. The Morgan fingerprint density at radius 2 is 1.60 bits per heavy atom. The number of hydrogen-bond donors (Lipinski definition) is 1. The van der Waals surface area contributed by atoms with Crippen LogP contribution in [0.4, 0.5) is 5.69 Å². The molecule has 0 atom stereocenters. The van der Waals surface area contributed by atoms with Crippen LogP contribution in [0.2, 0.25) is 0 Å². The van der Waals surface area contributed by atoms with E-state index in [1.54, 1.807) is 55.6 Å². The number of anilines is 1. The standard InChI is InChI=1S/C27H21NO7/c1-31-21-9-7-15(11-24(21)33-3)23-14-19(29)18-13-17(8-10-20(18)34-23)28-27(30)25-12-16-5-4-6-22(32-2)26(16)35-25/h4-14H,1-3H3,(H,28,30). The van der Waals surface area contributed by atoms with E-state index >= 15 is 0 Å². The zero-order chi connectivity index (χ0) is 24.5. The van der Waals surface area contributed by atoms with Crippen molar-refractivity contribution in [3.63, 3.8) is 0 Å². The van der Waals surface area contributed by atoms with Gasteiger partial charge >= 0.3 is 0 Å². The number of fused-ring (bicyclic) bond motifs is 2. The van der Waals surface area contributed by atoms with E-state index in [2.05, 4.69) is 5.32 Å². The van der Waals surface area contributed by atoms with Crippen LogP contribution in [0.5, 0.6) is 17.2 Å². The van der Waals surface area contributed by atoms with Gasteiger partial charge in [-0.1, -0.05) is 12.1 Å². The number of ether oxygens (including phenoxy) is 3. The lowest BCUT2D eigenvalue weighted by atomic mass is 10.1. The van der Waals surface area contributed by atoms with Gasteiger partial charge in [-0.15, -0.1) is 0 Å². The fourth-order valence-electron chi connectivity index (χ4n) is 3.87. The van der Waals surface area contributed by atoms with Crippen molar-refractivity contribution in [1.29, 1.82) is 0 Å². The number of hydrogen-bond acceptors (Lipinski definition) is 7. The first-order chi connectivity index (χ1) is 17.0. The fourth-order valence-corrected chi connectivity index (χ4v) is 3.87. The lowest BCUT2D eigenvalue weighted by Gasteiger charge is -2.10. The molecule has 0 aliphatic carbocycles. The van der Waals surface area contributed by atoms with Crippen LogP contribution in [0, 0.1) is 0 Å². The highest BCUT2D eigenvalue weighted by molar-refractivity contribution is 6.05. The van der Waals surface area contributed by atoms with Gasteiger partial charge in [-0.3, -0.25) is 9.59 Å². The molecule has 5 rings (SSSR count). The number of furan rings is 1. The Bertz CT molecular complexity index is 1630. The van der Waals surface area contributed by atoms with Crippen LogP contribution >= 0.6 is 0 Å². The largest absolute Gasteiger partial charge is 0.493 e. The van der Waals surface area contributed by atoms with Gasteiger partial charge < -0.3 is 28.4 Å². The molecule has 0 spiro atoms. The van der Waals surface area contributed by atoms with E-state index in [9.17, 15) is 9.59 Å². The summed E-state index contributed by atoms with van der Waals surface area (Å²) in [6.45, 7) is 0. The molecule has 2 heterocycles. The molecule has 3 aromatic carbocycles. The molecule has 0 bridgehead atoms. The average Bonchev–Trinajstić information content (AvgIpc) is 3.33. The first-order valence-corrected chi connectivity index (χ1v) is 10.7. The summed E-state index contributed by atoms with van der Waals surface area (Å²) in [5, 5.41) is 3.84. The molecule has 176 valence electrons. The first kappa shape index (κ1) is 22.1. The minimum Gasteiger partial charge on any atom is -0.493 e. The van der Waals surface area contributed by atoms with Crippen LogP contribution in [0.25, 0.3) is 33.3 Å². The molecule has 0 aliphatic heterocycles. The number of carbonyl (C=O) groups excluding carboxylic acids is 1. The topological polar surface area (TPSA) is 100 Å². The molecule has 0 saturated carbocycles. The van der Waals surface area contributed by atoms with Crippen molar-refractivity contribution in [2.45, 2.75) is 0 Å². The van der Waals surface area contributed by atoms with Gasteiger partial charge in [0.25, 0.3) is 5.91 Å². The Morgan fingerprint density at radius 1 is 0.800 bits per heavy atom. The molecule has 0 fully saturated rings. The van der Waals surface area contributed by atoms with Crippen molar-refractivity contribution in [3.05, 3.63) is 82.7 Å². The third kappa shape index (κ3) is 4.06. The number of methoxy groups -OCH3 is 3. The maximum atomic E-state index is 12.9. The Kier molecular flexibility index (Phi) is 5.62. The molecule has 0 unspecified atom stereocenters. The van der Waals surface area contributed by atoms with E-state index < -0.39 is 5.91 Å². The van der Waals surface area contributed by atoms with Gasteiger partial charge in [0.2, 0.25) is 0 Å². The number of para-hydroxylation sites is 1. The molecule has 1 amide bonds. The Morgan fingerprint density at radius 3 is 2.37 bits per heavy atom. The summed E-state index contributed by atoms with van der Waals surface area (Å²) in [5.41, 5.74) is 1.72. The molecule has 5 aromatic rings. The van der Waals surface area contributed by atoms with Gasteiger partial charge in [0.1, 0.15) is 11.3 Å². The summed E-state index contributed by atoms with van der Waals surface area (Å²) in [6.07, 6.45) is 0. The van der Waals surface area contributed by atoms with Crippen LogP contribution in [0.1, 0.15) is 10.6 Å². The highest BCUT2D eigenvalue weighted by Crippen LogP contribution is 2.33. The zero-order valence-corrected chi connectivity index (χ0v) is 19.2. The first-order valence-electron chi connectivity index (χ1n) is 10.7. The number of nitrogens with one attached hydrogen (secondary N) is 1. The number of amides is 1. The van der Waals surface area contributed by atoms with E-state index in [0.29, 0.717) is 50.8 Å². The van der Waals surface area contributed by atoms with Crippen LogP contribution in [0.15, 0.2) is 80.4 Å². The van der Waals surface area contributed by atoms with Crippen molar-refractivity contribution in [3.8, 4) is 28.6 Å². The molecular formula is C27H21NO7. The summed E-state index contributed by atoms with van der Waals surface area (Å²) >= 11 is 0. The quantitative estimate of drug-likeness (QED) is 0.350. The van der Waals surface area contributed by atoms with Crippen molar-refractivity contribution in [1.82, 2.24) is 0 Å². The average molecular weight is 471 g/mol. The van der Waals surface area contributed by atoms with Crippen molar-refractivity contribution >= 4 is 33.5 Å². The van der Waals surface area contributed by atoms with Gasteiger partial charge in [-0.05, 0) is 48.5 Å². The van der Waals surface area contributed by atoms with Crippen molar-refractivity contribution in [2.75, 3.05) is 26.6 Å². The summed E-state index contributed by atoms with van der Waals surface area (Å²) in [6, 6.07) is 18.6. The Hall–Kier alpha value is -4.72. The predicted octanol–water partition coefficient (Wildman–Crippen LogP) is 5.48. The minimum atomic E-state index is -0.450. The molecule has 0 saturated heterocycles. The van der Waals surface area contributed by atoms with Crippen LogP contribution in [-0.4, -0.2) is 27.2 Å². The van der Waals surface area contributed by atoms with Crippen molar-refractivity contribution < 1.29 is 27.8 Å². The van der Waals surface area contributed by atoms with E-state index in [-0.39, 0.29) is 11.2 Å². The molecule has 8 heteroatoms. The van der Waals surface area contributed by atoms with Gasteiger partial charge in [-0.25, -0.2) is 0 Å². The molecule has 8 nitrogen and oxygen atoms in total. The van der Waals surface area contributed by atoms with Crippen LogP contribution in [0.3, 0.4) is 0 Å². The fraction of sp³-hybridized carbons (Fsp3) is 0.111. The van der Waals surface area contributed by atoms with Gasteiger partial charge in [0, 0.05) is 22.7 Å². The SMILES string of the molecule is COc1ccc(-c2cc(=O)c3cc(NC(=O)c4cc5cccc(OC)c5o4)ccc3o2)cc1OC. The Labute approximate surface area is 199 Å². The second kappa shape index (κ2) is 8.90. The van der Waals surface area contributed by atoms with E-state index in [1.165, 1.54) is 20.3 Å². The summed E-state index contributed by atoms with van der Waals surface area (Å²) in [4.78, 5) is 25.7. The zero-order valence-electron chi connectivity index (χ0n) is 19.2. The summed E-state index contributed by atoms with van der Waals surface area (Å²) in [5.74, 6) is 1.69. The number of rotatable bonds is 6. The van der Waals surface area contributed by atoms with Gasteiger partial charge in [-0.2, -0.15) is 0 Å². The van der Waals surface area contributed by atoms with Crippen molar-refractivity contribution in [2.24, 2.45) is 0 Å². The van der Waals surface area contributed by atoms with E-state index in [0.717, 1.165) is 5.39 Å². The minimum absolute atomic E-state index is 0.125. The maximum absolute atomic E-state index is 12.9. The summed E-state index contributed by atoms with van der Waals surface area (Å²) < 4.78 is 27.6. The predicted molar refractivity (Wildman–Crippen MR) is 132 cm³/mol. The van der Waals surface area contributed by atoms with E-state index in [4.69, 9.17) is 23.0 Å². The third-order valence-electron chi connectivity index (χ3n) is 5.60. The normalized spacial score (nSPS) is 10.9. The lowest BCUT2D eigenvalue weighted by molar-refractivity contribution is 0.0998. The molecule has 35 heavy (non-hydrogen) atoms. The highest BCUT2D eigenvalue weighted by atomic mass is 16.5. The number of benzene rings is 3. The molecule has 0 aliphatic rings. The molecular weight excluding hydrogens is 450 g/mol. The molecule has 2 aromatic heterocycles. The Balaban J connectivity index is 1.45. The molecule has 0 radical (unpaired) electrons. The maximum Gasteiger partial charge on any atom is 0.291 e. The van der Waals surface area contributed by atoms with Gasteiger partial charge in [0.15, 0.2) is 34.0 Å². The van der Waals surface area contributed by atoms with E-state index in [1.807, 2.05) is 12.1 Å². The number of carbonyl (C=O) groups is 1. The van der Waals surface area contributed by atoms with Gasteiger partial charge in [0.05, 0.1) is 26.7 Å². The van der Waals surface area contributed by atoms with Crippen LogP contribution < -0.4 is 25.0 Å². The second-order valence-electron chi connectivity index (χ2n) is 7.70.